The van der Waals surface area contributed by atoms with Crippen LogP contribution in [0.15, 0.2) is 23.4 Å². The Bertz CT molecular complexity index is 542. The van der Waals surface area contributed by atoms with Gasteiger partial charge < -0.3 is 5.32 Å². The predicted molar refractivity (Wildman–Crippen MR) is 83.7 cm³/mol. The standard InChI is InChI=1S/C13H21N3O2S2/c1-3-6-15-12-4-7-14-9-13(12)20(17,18)16(2)11-5-8-19-10-11/h4,7,9,11H,3,5-6,8,10H2,1-2H3,(H,14,15). The number of hydrogen-bond donors (Lipinski definition) is 1. The van der Waals surface area contributed by atoms with Gasteiger partial charge in [0.25, 0.3) is 0 Å². The van der Waals surface area contributed by atoms with Gasteiger partial charge in [0.15, 0.2) is 0 Å². The van der Waals surface area contributed by atoms with E-state index in [-0.39, 0.29) is 10.9 Å². The summed E-state index contributed by atoms with van der Waals surface area (Å²) in [6, 6.07) is 1.81. The van der Waals surface area contributed by atoms with Crippen molar-refractivity contribution in [3.63, 3.8) is 0 Å². The van der Waals surface area contributed by atoms with E-state index in [1.165, 1.54) is 10.5 Å². The third kappa shape index (κ3) is 3.27. The zero-order chi connectivity index (χ0) is 14.6. The number of pyridine rings is 1. The molecule has 2 rings (SSSR count). The summed E-state index contributed by atoms with van der Waals surface area (Å²) >= 11 is 1.80. The molecule has 0 spiro atoms. The smallest absolute Gasteiger partial charge is 0.246 e. The van der Waals surface area contributed by atoms with E-state index < -0.39 is 10.0 Å². The van der Waals surface area contributed by atoms with Crippen molar-refractivity contribution in [3.05, 3.63) is 18.5 Å². The number of hydrogen-bond acceptors (Lipinski definition) is 5. The molecule has 0 saturated carbocycles. The van der Waals surface area contributed by atoms with E-state index in [0.717, 1.165) is 30.9 Å². The van der Waals surface area contributed by atoms with Crippen molar-refractivity contribution < 1.29 is 8.42 Å². The molecular weight excluding hydrogens is 294 g/mol. The summed E-state index contributed by atoms with van der Waals surface area (Å²) in [5.41, 5.74) is 0.638. The van der Waals surface area contributed by atoms with Gasteiger partial charge in [-0.1, -0.05) is 6.92 Å². The molecule has 0 aliphatic carbocycles. The summed E-state index contributed by atoms with van der Waals surface area (Å²) in [4.78, 5) is 4.25. The normalized spacial score (nSPS) is 19.4. The van der Waals surface area contributed by atoms with E-state index >= 15 is 0 Å². The number of sulfonamides is 1. The molecule has 0 bridgehead atoms. The van der Waals surface area contributed by atoms with E-state index in [1.807, 2.05) is 6.92 Å². The van der Waals surface area contributed by atoms with Crippen LogP contribution in [0.5, 0.6) is 0 Å². The molecule has 2 heterocycles. The maximum absolute atomic E-state index is 12.7. The van der Waals surface area contributed by atoms with Crippen molar-refractivity contribution >= 4 is 27.5 Å². The van der Waals surface area contributed by atoms with Crippen LogP contribution in [0.1, 0.15) is 19.8 Å². The lowest BCUT2D eigenvalue weighted by Crippen LogP contribution is -2.37. The van der Waals surface area contributed by atoms with Crippen LogP contribution in [0.2, 0.25) is 0 Å². The van der Waals surface area contributed by atoms with Crippen LogP contribution in [-0.4, -0.2) is 48.8 Å². The minimum atomic E-state index is -3.49. The second-order valence-electron chi connectivity index (χ2n) is 4.84. The van der Waals surface area contributed by atoms with E-state index in [9.17, 15) is 8.42 Å². The van der Waals surface area contributed by atoms with Gasteiger partial charge >= 0.3 is 0 Å². The first-order valence-electron chi connectivity index (χ1n) is 6.81. The second-order valence-corrected chi connectivity index (χ2v) is 7.95. The molecular formula is C13H21N3O2S2. The van der Waals surface area contributed by atoms with Gasteiger partial charge in [0.05, 0.1) is 5.69 Å². The number of anilines is 1. The maximum atomic E-state index is 12.7. The highest BCUT2D eigenvalue weighted by atomic mass is 32.2. The summed E-state index contributed by atoms with van der Waals surface area (Å²) in [5, 5.41) is 3.16. The van der Waals surface area contributed by atoms with Crippen molar-refractivity contribution in [1.82, 2.24) is 9.29 Å². The van der Waals surface area contributed by atoms with E-state index in [0.29, 0.717) is 5.69 Å². The monoisotopic (exact) mass is 315 g/mol. The Morgan fingerprint density at radius 2 is 2.35 bits per heavy atom. The van der Waals surface area contributed by atoms with Crippen molar-refractivity contribution in [1.29, 1.82) is 0 Å². The zero-order valence-corrected chi connectivity index (χ0v) is 13.5. The lowest BCUT2D eigenvalue weighted by Gasteiger charge is -2.24. The van der Waals surface area contributed by atoms with Gasteiger partial charge in [-0.15, -0.1) is 0 Å². The van der Waals surface area contributed by atoms with Gasteiger partial charge in [0.2, 0.25) is 10.0 Å². The Morgan fingerprint density at radius 1 is 1.55 bits per heavy atom. The van der Waals surface area contributed by atoms with Crippen LogP contribution >= 0.6 is 11.8 Å². The van der Waals surface area contributed by atoms with E-state index in [1.54, 1.807) is 31.1 Å². The van der Waals surface area contributed by atoms with Crippen molar-refractivity contribution in [2.45, 2.75) is 30.7 Å². The Balaban J connectivity index is 2.28. The molecule has 0 amide bonds. The van der Waals surface area contributed by atoms with E-state index in [4.69, 9.17) is 0 Å². The molecule has 1 aliphatic rings. The number of nitrogens with one attached hydrogen (secondary N) is 1. The maximum Gasteiger partial charge on any atom is 0.246 e. The lowest BCUT2D eigenvalue weighted by atomic mass is 10.3. The Hall–Kier alpha value is -0.790. The summed E-state index contributed by atoms with van der Waals surface area (Å²) in [5.74, 6) is 1.90. The average Bonchev–Trinajstić information content (AvgIpc) is 2.98. The quantitative estimate of drug-likeness (QED) is 0.870. The fourth-order valence-corrected chi connectivity index (χ4v) is 5.01. The highest BCUT2D eigenvalue weighted by molar-refractivity contribution is 7.99. The van der Waals surface area contributed by atoms with Gasteiger partial charge in [0, 0.05) is 37.8 Å². The molecule has 1 fully saturated rings. The van der Waals surface area contributed by atoms with Crippen molar-refractivity contribution in [3.8, 4) is 0 Å². The number of rotatable bonds is 6. The van der Waals surface area contributed by atoms with E-state index in [2.05, 4.69) is 10.3 Å². The highest BCUT2D eigenvalue weighted by Crippen LogP contribution is 2.29. The minimum absolute atomic E-state index is 0.0873. The average molecular weight is 315 g/mol. The van der Waals surface area contributed by atoms with Crippen molar-refractivity contribution in [2.75, 3.05) is 30.4 Å². The molecule has 112 valence electrons. The molecule has 1 aromatic heterocycles. The molecule has 7 heteroatoms. The van der Waals surface area contributed by atoms with Gasteiger partial charge in [-0.2, -0.15) is 16.1 Å². The lowest BCUT2D eigenvalue weighted by molar-refractivity contribution is 0.394. The minimum Gasteiger partial charge on any atom is -0.384 e. The topological polar surface area (TPSA) is 62.3 Å². The molecule has 1 unspecified atom stereocenters. The van der Waals surface area contributed by atoms with Crippen LogP contribution in [-0.2, 0) is 10.0 Å². The first kappa shape index (κ1) is 15.6. The summed E-state index contributed by atoms with van der Waals surface area (Å²) in [7, 11) is -1.82. The van der Waals surface area contributed by atoms with Gasteiger partial charge in [0.1, 0.15) is 4.90 Å². The number of nitrogens with zero attached hydrogens (tertiary/aromatic N) is 2. The van der Waals surface area contributed by atoms with Gasteiger partial charge in [-0.25, -0.2) is 8.42 Å². The molecule has 1 aliphatic heterocycles. The van der Waals surface area contributed by atoms with Crippen molar-refractivity contribution in [2.24, 2.45) is 0 Å². The van der Waals surface area contributed by atoms with Crippen LogP contribution in [0.3, 0.4) is 0 Å². The predicted octanol–water partition coefficient (Wildman–Crippen LogP) is 2.03. The molecule has 1 aromatic rings. The van der Waals surface area contributed by atoms with Gasteiger partial charge in [-0.3, -0.25) is 4.98 Å². The van der Waals surface area contributed by atoms with Crippen LogP contribution in [0.4, 0.5) is 5.69 Å². The third-order valence-corrected chi connectivity index (χ3v) is 6.51. The fourth-order valence-electron chi connectivity index (χ4n) is 2.15. The Morgan fingerprint density at radius 3 is 3.00 bits per heavy atom. The summed E-state index contributed by atoms with van der Waals surface area (Å²) < 4.78 is 27.0. The highest BCUT2D eigenvalue weighted by Gasteiger charge is 2.32. The molecule has 20 heavy (non-hydrogen) atoms. The number of thioether (sulfide) groups is 1. The van der Waals surface area contributed by atoms with Gasteiger partial charge in [-0.05, 0) is 24.7 Å². The largest absolute Gasteiger partial charge is 0.384 e. The van der Waals surface area contributed by atoms with Crippen LogP contribution < -0.4 is 5.32 Å². The first-order valence-corrected chi connectivity index (χ1v) is 9.40. The van der Waals surface area contributed by atoms with Crippen LogP contribution in [0, 0.1) is 0 Å². The third-order valence-electron chi connectivity index (χ3n) is 3.43. The molecule has 5 nitrogen and oxygen atoms in total. The zero-order valence-electron chi connectivity index (χ0n) is 11.9. The fraction of sp³-hybridized carbons (Fsp3) is 0.615. The van der Waals surface area contributed by atoms with Crippen LogP contribution in [0.25, 0.3) is 0 Å². The molecule has 1 N–H and O–H groups in total. The molecule has 0 aromatic carbocycles. The SMILES string of the molecule is CCCNc1ccncc1S(=O)(=O)N(C)C1CCSC1. The second kappa shape index (κ2) is 6.78. The molecule has 0 radical (unpaired) electrons. The Kier molecular flexibility index (Phi) is 5.29. The Labute approximate surface area is 125 Å². The first-order chi connectivity index (χ1) is 9.57. The summed E-state index contributed by atoms with van der Waals surface area (Å²) in [6.45, 7) is 2.79. The summed E-state index contributed by atoms with van der Waals surface area (Å²) in [6.07, 6.45) is 4.91. The molecule has 1 saturated heterocycles. The number of aromatic nitrogens is 1. The molecule has 1 atom stereocenters.